The molecule has 4 heteroatoms. The van der Waals surface area contributed by atoms with Gasteiger partial charge in [0.25, 0.3) is 0 Å². The van der Waals surface area contributed by atoms with Crippen LogP contribution < -0.4 is 5.32 Å². The van der Waals surface area contributed by atoms with Crippen LogP contribution in [0, 0.1) is 0 Å². The van der Waals surface area contributed by atoms with Crippen molar-refractivity contribution in [3.8, 4) is 0 Å². The van der Waals surface area contributed by atoms with Gasteiger partial charge in [-0.25, -0.2) is 0 Å². The van der Waals surface area contributed by atoms with Crippen LogP contribution in [0.1, 0.15) is 26.7 Å². The molecule has 0 aliphatic carbocycles. The van der Waals surface area contributed by atoms with Crippen LogP contribution in [0.5, 0.6) is 0 Å². The number of ketones is 1. The summed E-state index contributed by atoms with van der Waals surface area (Å²) in [5, 5.41) is 3.11. The molecular formula is C13H25NO3. The fourth-order valence-electron chi connectivity index (χ4n) is 1.19. The lowest BCUT2D eigenvalue weighted by Gasteiger charge is -2.13. The van der Waals surface area contributed by atoms with Gasteiger partial charge in [-0.3, -0.25) is 4.79 Å². The standard InChI is InChI=1S/C13H25NO3/c1-11(2)13(15)9-14-12(3)10-17-8-6-5-7-16-4/h12,14H,1,5-10H2,2-4H3. The number of nitrogens with one attached hydrogen (secondary N) is 1. The van der Waals surface area contributed by atoms with E-state index in [1.807, 2.05) is 6.92 Å². The molecule has 0 saturated carbocycles. The maximum Gasteiger partial charge on any atom is 0.171 e. The second-order valence-corrected chi connectivity index (χ2v) is 4.26. The zero-order valence-corrected chi connectivity index (χ0v) is 11.3. The third-order valence-electron chi connectivity index (χ3n) is 2.34. The summed E-state index contributed by atoms with van der Waals surface area (Å²) in [6.07, 6.45) is 2.03. The van der Waals surface area contributed by atoms with Gasteiger partial charge in [0.05, 0.1) is 13.2 Å². The van der Waals surface area contributed by atoms with Crippen LogP contribution in [0.2, 0.25) is 0 Å². The molecule has 0 spiro atoms. The number of rotatable bonds is 11. The topological polar surface area (TPSA) is 47.6 Å². The molecule has 0 aliphatic heterocycles. The Balaban J connectivity index is 3.37. The summed E-state index contributed by atoms with van der Waals surface area (Å²) < 4.78 is 10.4. The monoisotopic (exact) mass is 243 g/mol. The van der Waals surface area contributed by atoms with Crippen LogP contribution in [-0.4, -0.2) is 45.3 Å². The molecule has 1 unspecified atom stereocenters. The molecule has 100 valence electrons. The number of unbranched alkanes of at least 4 members (excludes halogenated alkanes) is 1. The van der Waals surface area contributed by atoms with Crippen molar-refractivity contribution in [2.75, 3.05) is 33.5 Å². The molecule has 0 fully saturated rings. The summed E-state index contributed by atoms with van der Waals surface area (Å²) in [4.78, 5) is 11.3. The Hall–Kier alpha value is -0.710. The second-order valence-electron chi connectivity index (χ2n) is 4.26. The van der Waals surface area contributed by atoms with E-state index in [9.17, 15) is 4.79 Å². The van der Waals surface area contributed by atoms with E-state index in [1.54, 1.807) is 14.0 Å². The Kier molecular flexibility index (Phi) is 10.0. The lowest BCUT2D eigenvalue weighted by atomic mass is 10.2. The highest BCUT2D eigenvalue weighted by molar-refractivity contribution is 5.95. The molecular weight excluding hydrogens is 218 g/mol. The summed E-state index contributed by atoms with van der Waals surface area (Å²) in [6.45, 7) is 9.81. The highest BCUT2D eigenvalue weighted by atomic mass is 16.5. The fraction of sp³-hybridized carbons (Fsp3) is 0.769. The highest BCUT2D eigenvalue weighted by Crippen LogP contribution is 1.93. The SMILES string of the molecule is C=C(C)C(=O)CNC(C)COCCCCOC. The number of Topliss-reactive ketones (excluding diaryl/α,β-unsaturated/α-hetero) is 1. The Morgan fingerprint density at radius 1 is 1.35 bits per heavy atom. The molecule has 4 nitrogen and oxygen atoms in total. The minimum Gasteiger partial charge on any atom is -0.385 e. The number of methoxy groups -OCH3 is 1. The molecule has 0 aromatic rings. The van der Waals surface area contributed by atoms with Gasteiger partial charge in [-0.1, -0.05) is 6.58 Å². The largest absolute Gasteiger partial charge is 0.385 e. The van der Waals surface area contributed by atoms with Gasteiger partial charge >= 0.3 is 0 Å². The van der Waals surface area contributed by atoms with Crippen LogP contribution in [0.4, 0.5) is 0 Å². The molecule has 0 saturated heterocycles. The molecule has 0 aromatic carbocycles. The van der Waals surface area contributed by atoms with Crippen LogP contribution in [0.15, 0.2) is 12.2 Å². The molecule has 0 rings (SSSR count). The fourth-order valence-corrected chi connectivity index (χ4v) is 1.19. The highest BCUT2D eigenvalue weighted by Gasteiger charge is 2.05. The normalized spacial score (nSPS) is 12.4. The number of hydrogen-bond donors (Lipinski definition) is 1. The summed E-state index contributed by atoms with van der Waals surface area (Å²) in [7, 11) is 1.70. The van der Waals surface area contributed by atoms with Crippen molar-refractivity contribution in [1.82, 2.24) is 5.32 Å². The lowest BCUT2D eigenvalue weighted by Crippen LogP contribution is -2.35. The smallest absolute Gasteiger partial charge is 0.171 e. The summed E-state index contributed by atoms with van der Waals surface area (Å²) in [5.41, 5.74) is 0.588. The molecule has 0 bridgehead atoms. The average molecular weight is 243 g/mol. The van der Waals surface area contributed by atoms with Crippen LogP contribution >= 0.6 is 0 Å². The first-order valence-corrected chi connectivity index (χ1v) is 6.06. The molecule has 0 amide bonds. The van der Waals surface area contributed by atoms with Crippen molar-refractivity contribution >= 4 is 5.78 Å². The van der Waals surface area contributed by atoms with E-state index in [2.05, 4.69) is 11.9 Å². The number of ether oxygens (including phenoxy) is 2. The number of carbonyl (C=O) groups excluding carboxylic acids is 1. The van der Waals surface area contributed by atoms with E-state index in [-0.39, 0.29) is 11.8 Å². The number of hydrogen-bond acceptors (Lipinski definition) is 4. The predicted octanol–water partition coefficient (Wildman–Crippen LogP) is 1.55. The third-order valence-corrected chi connectivity index (χ3v) is 2.34. The molecule has 1 N–H and O–H groups in total. The minimum atomic E-state index is 0.0527. The van der Waals surface area contributed by atoms with Crippen LogP contribution in [0.3, 0.4) is 0 Å². The molecule has 17 heavy (non-hydrogen) atoms. The zero-order chi connectivity index (χ0) is 13.1. The van der Waals surface area contributed by atoms with Crippen molar-refractivity contribution in [1.29, 1.82) is 0 Å². The number of carbonyl (C=O) groups is 1. The van der Waals surface area contributed by atoms with E-state index in [4.69, 9.17) is 9.47 Å². The maximum atomic E-state index is 11.3. The van der Waals surface area contributed by atoms with E-state index >= 15 is 0 Å². The van der Waals surface area contributed by atoms with Crippen molar-refractivity contribution in [3.63, 3.8) is 0 Å². The first kappa shape index (κ1) is 16.3. The van der Waals surface area contributed by atoms with Crippen molar-refractivity contribution in [2.24, 2.45) is 0 Å². The van der Waals surface area contributed by atoms with Gasteiger partial charge in [-0.15, -0.1) is 0 Å². The van der Waals surface area contributed by atoms with Crippen molar-refractivity contribution in [2.45, 2.75) is 32.7 Å². The first-order chi connectivity index (χ1) is 8.07. The Morgan fingerprint density at radius 2 is 2.00 bits per heavy atom. The second kappa shape index (κ2) is 10.4. The lowest BCUT2D eigenvalue weighted by molar-refractivity contribution is -0.114. The van der Waals surface area contributed by atoms with Gasteiger partial charge in [0.15, 0.2) is 5.78 Å². The first-order valence-electron chi connectivity index (χ1n) is 6.06. The van der Waals surface area contributed by atoms with Gasteiger partial charge in [0.2, 0.25) is 0 Å². The summed E-state index contributed by atoms with van der Waals surface area (Å²) in [6, 6.07) is 0.181. The summed E-state index contributed by atoms with van der Waals surface area (Å²) >= 11 is 0. The maximum absolute atomic E-state index is 11.3. The van der Waals surface area contributed by atoms with E-state index < -0.39 is 0 Å². The minimum absolute atomic E-state index is 0.0527. The predicted molar refractivity (Wildman–Crippen MR) is 69.2 cm³/mol. The summed E-state index contributed by atoms with van der Waals surface area (Å²) in [5.74, 6) is 0.0527. The Morgan fingerprint density at radius 3 is 2.59 bits per heavy atom. The Bertz CT molecular complexity index is 229. The van der Waals surface area contributed by atoms with E-state index in [0.29, 0.717) is 18.7 Å². The van der Waals surface area contributed by atoms with Gasteiger partial charge < -0.3 is 14.8 Å². The Labute approximate surface area is 104 Å². The van der Waals surface area contributed by atoms with Crippen molar-refractivity contribution < 1.29 is 14.3 Å². The molecule has 0 radical (unpaired) electrons. The third kappa shape index (κ3) is 10.2. The zero-order valence-electron chi connectivity index (χ0n) is 11.3. The van der Waals surface area contributed by atoms with E-state index in [0.717, 1.165) is 26.1 Å². The molecule has 0 heterocycles. The quantitative estimate of drug-likeness (QED) is 0.442. The van der Waals surface area contributed by atoms with Gasteiger partial charge in [0, 0.05) is 26.4 Å². The van der Waals surface area contributed by atoms with Crippen LogP contribution in [-0.2, 0) is 14.3 Å². The van der Waals surface area contributed by atoms with E-state index in [1.165, 1.54) is 0 Å². The van der Waals surface area contributed by atoms with Gasteiger partial charge in [0.1, 0.15) is 0 Å². The van der Waals surface area contributed by atoms with Gasteiger partial charge in [-0.2, -0.15) is 0 Å². The molecule has 0 aromatic heterocycles. The van der Waals surface area contributed by atoms with Gasteiger partial charge in [-0.05, 0) is 32.3 Å². The molecule has 0 aliphatic rings. The molecule has 1 atom stereocenters. The van der Waals surface area contributed by atoms with Crippen LogP contribution in [0.25, 0.3) is 0 Å². The average Bonchev–Trinajstić information content (AvgIpc) is 2.30. The van der Waals surface area contributed by atoms with Crippen molar-refractivity contribution in [3.05, 3.63) is 12.2 Å².